The van der Waals surface area contributed by atoms with E-state index < -0.39 is 10.0 Å². The fourth-order valence-corrected chi connectivity index (χ4v) is 2.31. The van der Waals surface area contributed by atoms with Gasteiger partial charge in [-0.25, -0.2) is 13.1 Å². The molecule has 8 heteroatoms. The number of aromatic amines is 1. The van der Waals surface area contributed by atoms with Crippen LogP contribution in [-0.4, -0.2) is 46.9 Å². The molecule has 1 heterocycles. The van der Waals surface area contributed by atoms with E-state index in [4.69, 9.17) is 9.47 Å². The highest BCUT2D eigenvalue weighted by Gasteiger charge is 2.12. The highest BCUT2D eigenvalue weighted by Crippen LogP contribution is 2.03. The van der Waals surface area contributed by atoms with E-state index in [1.165, 1.54) is 18.3 Å². The number of sulfonamides is 1. The molecule has 0 amide bonds. The summed E-state index contributed by atoms with van der Waals surface area (Å²) in [6.45, 7) is 1.73. The molecule has 7 nitrogen and oxygen atoms in total. The third kappa shape index (κ3) is 5.97. The van der Waals surface area contributed by atoms with Crippen molar-refractivity contribution in [3.63, 3.8) is 0 Å². The molecule has 0 aliphatic carbocycles. The predicted molar refractivity (Wildman–Crippen MR) is 69.6 cm³/mol. The van der Waals surface area contributed by atoms with E-state index in [1.807, 2.05) is 0 Å². The van der Waals surface area contributed by atoms with Gasteiger partial charge >= 0.3 is 0 Å². The lowest BCUT2D eigenvalue weighted by Crippen LogP contribution is -2.26. The minimum absolute atomic E-state index is 0.0346. The average molecular weight is 290 g/mol. The summed E-state index contributed by atoms with van der Waals surface area (Å²) in [4.78, 5) is 13.2. The van der Waals surface area contributed by atoms with Gasteiger partial charge in [-0.3, -0.25) is 4.79 Å². The van der Waals surface area contributed by atoms with Crippen LogP contribution < -0.4 is 10.3 Å². The number of pyridine rings is 1. The van der Waals surface area contributed by atoms with Crippen molar-refractivity contribution in [3.05, 3.63) is 28.7 Å². The van der Waals surface area contributed by atoms with Crippen molar-refractivity contribution in [3.8, 4) is 0 Å². The molecule has 0 atom stereocenters. The maximum absolute atomic E-state index is 11.8. The molecule has 0 unspecified atom stereocenters. The number of ether oxygens (including phenoxy) is 2. The first kappa shape index (κ1) is 15.8. The van der Waals surface area contributed by atoms with Crippen LogP contribution in [0.1, 0.15) is 6.42 Å². The van der Waals surface area contributed by atoms with E-state index >= 15 is 0 Å². The number of aromatic nitrogens is 1. The van der Waals surface area contributed by atoms with E-state index in [-0.39, 0.29) is 17.0 Å². The molecule has 1 aromatic heterocycles. The van der Waals surface area contributed by atoms with Gasteiger partial charge in [0.2, 0.25) is 15.6 Å². The van der Waals surface area contributed by atoms with Gasteiger partial charge in [-0.1, -0.05) is 0 Å². The van der Waals surface area contributed by atoms with Crippen molar-refractivity contribution in [2.45, 2.75) is 11.3 Å². The van der Waals surface area contributed by atoms with E-state index in [2.05, 4.69) is 9.71 Å². The number of H-pyrrole nitrogens is 1. The Balaban J connectivity index is 2.31. The molecule has 0 saturated carbocycles. The van der Waals surface area contributed by atoms with E-state index in [9.17, 15) is 13.2 Å². The molecule has 0 radical (unpaired) electrons. The molecule has 0 spiro atoms. The minimum atomic E-state index is -3.57. The molecule has 0 aliphatic rings. The Morgan fingerprint density at radius 3 is 2.68 bits per heavy atom. The van der Waals surface area contributed by atoms with Crippen molar-refractivity contribution < 1.29 is 17.9 Å². The van der Waals surface area contributed by atoms with E-state index in [0.717, 1.165) is 0 Å². The Labute approximate surface area is 112 Å². The zero-order chi connectivity index (χ0) is 14.1. The SMILES string of the molecule is COCCOCCCNS(=O)(=O)c1ccc(=O)[nH]c1. The molecule has 2 N–H and O–H groups in total. The van der Waals surface area contributed by atoms with Crippen LogP contribution in [0.2, 0.25) is 0 Å². The Bertz CT molecular complexity index is 506. The van der Waals surface area contributed by atoms with Gasteiger partial charge < -0.3 is 14.5 Å². The molecular formula is C11H18N2O5S. The molecule has 0 fully saturated rings. The Kier molecular flexibility index (Phi) is 6.71. The van der Waals surface area contributed by atoms with Gasteiger partial charge in [-0.05, 0) is 12.5 Å². The maximum Gasteiger partial charge on any atom is 0.247 e. The standard InChI is InChI=1S/C11H18N2O5S/c1-17-7-8-18-6-2-5-13-19(15,16)10-3-4-11(14)12-9-10/h3-4,9,13H,2,5-8H2,1H3,(H,12,14). The number of hydrogen-bond acceptors (Lipinski definition) is 5. The Morgan fingerprint density at radius 2 is 2.05 bits per heavy atom. The molecule has 0 saturated heterocycles. The maximum atomic E-state index is 11.8. The summed E-state index contributed by atoms with van der Waals surface area (Å²) in [7, 11) is -1.99. The van der Waals surface area contributed by atoms with Crippen LogP contribution in [0.4, 0.5) is 0 Å². The largest absolute Gasteiger partial charge is 0.382 e. The van der Waals surface area contributed by atoms with Crippen LogP contribution in [-0.2, 0) is 19.5 Å². The molecule has 108 valence electrons. The van der Waals surface area contributed by atoms with Gasteiger partial charge in [0.25, 0.3) is 0 Å². The topological polar surface area (TPSA) is 97.5 Å². The zero-order valence-electron chi connectivity index (χ0n) is 10.7. The van der Waals surface area contributed by atoms with Crippen LogP contribution >= 0.6 is 0 Å². The van der Waals surface area contributed by atoms with Crippen LogP contribution in [0.5, 0.6) is 0 Å². The summed E-state index contributed by atoms with van der Waals surface area (Å²) in [5, 5.41) is 0. The summed E-state index contributed by atoms with van der Waals surface area (Å²) < 4.78 is 36.0. The molecule has 1 rings (SSSR count). The van der Waals surface area contributed by atoms with Crippen molar-refractivity contribution in [2.24, 2.45) is 0 Å². The van der Waals surface area contributed by atoms with Gasteiger partial charge in [-0.15, -0.1) is 0 Å². The molecule has 1 aromatic rings. The molecule has 0 bridgehead atoms. The average Bonchev–Trinajstić information content (AvgIpc) is 2.38. The molecule has 0 aromatic carbocycles. The molecular weight excluding hydrogens is 272 g/mol. The van der Waals surface area contributed by atoms with Crippen molar-refractivity contribution in [2.75, 3.05) is 33.5 Å². The van der Waals surface area contributed by atoms with Gasteiger partial charge in [0, 0.05) is 32.5 Å². The van der Waals surface area contributed by atoms with Gasteiger partial charge in [0.15, 0.2) is 0 Å². The fraction of sp³-hybridized carbons (Fsp3) is 0.545. The van der Waals surface area contributed by atoms with Crippen molar-refractivity contribution >= 4 is 10.0 Å². The second kappa shape index (κ2) is 8.05. The van der Waals surface area contributed by atoms with Crippen molar-refractivity contribution in [1.82, 2.24) is 9.71 Å². The zero-order valence-corrected chi connectivity index (χ0v) is 11.5. The highest BCUT2D eigenvalue weighted by atomic mass is 32.2. The normalized spacial score (nSPS) is 11.6. The van der Waals surface area contributed by atoms with Crippen LogP contribution in [0.25, 0.3) is 0 Å². The van der Waals surface area contributed by atoms with Gasteiger partial charge in [-0.2, -0.15) is 0 Å². The smallest absolute Gasteiger partial charge is 0.247 e. The summed E-state index contributed by atoms with van der Waals surface area (Å²) in [6.07, 6.45) is 1.73. The lowest BCUT2D eigenvalue weighted by molar-refractivity contribution is 0.0699. The van der Waals surface area contributed by atoms with Crippen molar-refractivity contribution in [1.29, 1.82) is 0 Å². The van der Waals surface area contributed by atoms with E-state index in [0.29, 0.717) is 26.2 Å². The number of methoxy groups -OCH3 is 1. The number of rotatable bonds is 9. The summed E-state index contributed by atoms with van der Waals surface area (Å²) in [6, 6.07) is 2.43. The third-order valence-corrected chi connectivity index (χ3v) is 3.71. The quantitative estimate of drug-likeness (QED) is 0.609. The minimum Gasteiger partial charge on any atom is -0.382 e. The molecule has 0 aliphatic heterocycles. The Hall–Kier alpha value is -1.22. The second-order valence-corrected chi connectivity index (χ2v) is 5.51. The second-order valence-electron chi connectivity index (χ2n) is 3.75. The first-order valence-corrected chi connectivity index (χ1v) is 7.29. The number of hydrogen-bond donors (Lipinski definition) is 2. The molecule has 19 heavy (non-hydrogen) atoms. The first-order valence-electron chi connectivity index (χ1n) is 5.81. The van der Waals surface area contributed by atoms with Gasteiger partial charge in [0.1, 0.15) is 0 Å². The van der Waals surface area contributed by atoms with Crippen LogP contribution in [0, 0.1) is 0 Å². The predicted octanol–water partition coefficient (Wildman–Crippen LogP) is -0.294. The third-order valence-electron chi connectivity index (χ3n) is 2.26. The summed E-state index contributed by atoms with van der Waals surface area (Å²) >= 11 is 0. The number of nitrogens with one attached hydrogen (secondary N) is 2. The monoisotopic (exact) mass is 290 g/mol. The first-order chi connectivity index (χ1) is 9.06. The van der Waals surface area contributed by atoms with Crippen LogP contribution in [0.3, 0.4) is 0 Å². The Morgan fingerprint density at radius 1 is 1.26 bits per heavy atom. The lowest BCUT2D eigenvalue weighted by Gasteiger charge is -2.06. The summed E-state index contributed by atoms with van der Waals surface area (Å²) in [5.41, 5.74) is -0.342. The highest BCUT2D eigenvalue weighted by molar-refractivity contribution is 7.89. The van der Waals surface area contributed by atoms with Crippen LogP contribution in [0.15, 0.2) is 28.0 Å². The van der Waals surface area contributed by atoms with Gasteiger partial charge in [0.05, 0.1) is 18.1 Å². The lowest BCUT2D eigenvalue weighted by atomic mass is 10.5. The fourth-order valence-electron chi connectivity index (χ4n) is 1.27. The van der Waals surface area contributed by atoms with E-state index in [1.54, 1.807) is 7.11 Å². The summed E-state index contributed by atoms with van der Waals surface area (Å²) in [5.74, 6) is 0.